The molecule has 0 aromatic rings. The van der Waals surface area contributed by atoms with Crippen LogP contribution >= 0.6 is 0 Å². The van der Waals surface area contributed by atoms with E-state index in [0.29, 0.717) is 18.8 Å². The molecule has 1 N–H and O–H groups in total. The maximum absolute atomic E-state index is 11.9. The molecule has 1 aliphatic carbocycles. The van der Waals surface area contributed by atoms with E-state index in [0.717, 1.165) is 38.5 Å². The van der Waals surface area contributed by atoms with Gasteiger partial charge in [0.25, 0.3) is 0 Å². The van der Waals surface area contributed by atoms with E-state index >= 15 is 0 Å². The van der Waals surface area contributed by atoms with E-state index in [1.165, 1.54) is 4.90 Å². The minimum Gasteiger partial charge on any atom is -0.396 e. The minimum atomic E-state index is 0.0138. The van der Waals surface area contributed by atoms with Gasteiger partial charge in [0.15, 0.2) is 0 Å². The Morgan fingerprint density at radius 2 is 1.53 bits per heavy atom. The Bertz CT molecular complexity index is 277. The Morgan fingerprint density at radius 1 is 1.00 bits per heavy atom. The molecule has 1 heterocycles. The molecular formula is C13H21NO3. The molecule has 0 aromatic heterocycles. The summed E-state index contributed by atoms with van der Waals surface area (Å²) < 4.78 is 0. The fourth-order valence-electron chi connectivity index (χ4n) is 2.93. The quantitative estimate of drug-likeness (QED) is 0.742. The van der Waals surface area contributed by atoms with Crippen molar-refractivity contribution >= 4 is 11.8 Å². The molecule has 0 bridgehead atoms. The molecule has 2 aliphatic rings. The summed E-state index contributed by atoms with van der Waals surface area (Å²) in [5.74, 6) is 0.392. The molecule has 0 spiro atoms. The number of hydrogen-bond donors (Lipinski definition) is 1. The average Bonchev–Trinajstić information content (AvgIpc) is 2.51. The Kier molecular flexibility index (Phi) is 4.15. The first-order valence-electron chi connectivity index (χ1n) is 6.68. The molecule has 1 saturated heterocycles. The van der Waals surface area contributed by atoms with Gasteiger partial charge in [-0.25, -0.2) is 0 Å². The number of likely N-dealkylation sites (tertiary alicyclic amines) is 1. The van der Waals surface area contributed by atoms with Gasteiger partial charge in [-0.3, -0.25) is 14.5 Å². The summed E-state index contributed by atoms with van der Waals surface area (Å²) in [4.78, 5) is 25.4. The maximum Gasteiger partial charge on any atom is 0.229 e. The smallest absolute Gasteiger partial charge is 0.229 e. The average molecular weight is 239 g/mol. The van der Waals surface area contributed by atoms with E-state index in [1.54, 1.807) is 0 Å². The van der Waals surface area contributed by atoms with E-state index in [4.69, 9.17) is 5.11 Å². The summed E-state index contributed by atoms with van der Waals surface area (Å²) in [6.45, 7) is 0.231. The monoisotopic (exact) mass is 239 g/mol. The fourth-order valence-corrected chi connectivity index (χ4v) is 2.93. The highest BCUT2D eigenvalue weighted by atomic mass is 16.3. The van der Waals surface area contributed by atoms with E-state index in [-0.39, 0.29) is 24.5 Å². The molecular weight excluding hydrogens is 218 g/mol. The van der Waals surface area contributed by atoms with Crippen molar-refractivity contribution in [3.63, 3.8) is 0 Å². The summed E-state index contributed by atoms with van der Waals surface area (Å²) in [7, 11) is 0. The van der Waals surface area contributed by atoms with Gasteiger partial charge in [0.05, 0.1) is 0 Å². The van der Waals surface area contributed by atoms with Gasteiger partial charge in [0.2, 0.25) is 11.8 Å². The number of rotatable bonds is 2. The van der Waals surface area contributed by atoms with E-state index in [2.05, 4.69) is 0 Å². The second kappa shape index (κ2) is 5.63. The molecule has 0 radical (unpaired) electrons. The third-order valence-corrected chi connectivity index (χ3v) is 4.01. The van der Waals surface area contributed by atoms with Crippen LogP contribution in [0.25, 0.3) is 0 Å². The van der Waals surface area contributed by atoms with Crippen LogP contribution in [0.15, 0.2) is 0 Å². The van der Waals surface area contributed by atoms with Crippen molar-refractivity contribution in [3.8, 4) is 0 Å². The lowest BCUT2D eigenvalue weighted by atomic mass is 9.85. The van der Waals surface area contributed by atoms with Gasteiger partial charge in [0.1, 0.15) is 0 Å². The van der Waals surface area contributed by atoms with Crippen molar-refractivity contribution in [2.75, 3.05) is 6.61 Å². The van der Waals surface area contributed by atoms with E-state index < -0.39 is 0 Å². The maximum atomic E-state index is 11.9. The molecule has 96 valence electrons. The van der Waals surface area contributed by atoms with Crippen molar-refractivity contribution in [1.82, 2.24) is 4.90 Å². The summed E-state index contributed by atoms with van der Waals surface area (Å²) >= 11 is 0. The number of carbonyl (C=O) groups excluding carboxylic acids is 2. The first-order chi connectivity index (χ1) is 8.22. The molecule has 2 rings (SSSR count). The van der Waals surface area contributed by atoms with Crippen molar-refractivity contribution < 1.29 is 14.7 Å². The Hall–Kier alpha value is -0.900. The van der Waals surface area contributed by atoms with Gasteiger partial charge in [-0.15, -0.1) is 0 Å². The number of hydrogen-bond acceptors (Lipinski definition) is 3. The number of amides is 2. The second-order valence-electron chi connectivity index (χ2n) is 5.22. The lowest BCUT2D eigenvalue weighted by molar-refractivity contribution is -0.147. The molecule has 2 fully saturated rings. The molecule has 4 heteroatoms. The van der Waals surface area contributed by atoms with E-state index in [1.807, 2.05) is 0 Å². The van der Waals surface area contributed by atoms with Gasteiger partial charge in [-0.05, 0) is 44.4 Å². The Labute approximate surface area is 102 Å². The van der Waals surface area contributed by atoms with Gasteiger partial charge in [-0.2, -0.15) is 0 Å². The van der Waals surface area contributed by atoms with Crippen molar-refractivity contribution in [2.45, 2.75) is 57.4 Å². The zero-order chi connectivity index (χ0) is 12.3. The number of aliphatic hydroxyl groups is 1. The van der Waals surface area contributed by atoms with Gasteiger partial charge < -0.3 is 5.11 Å². The largest absolute Gasteiger partial charge is 0.396 e. The Morgan fingerprint density at radius 3 is 2.00 bits per heavy atom. The predicted octanol–water partition coefficient (Wildman–Crippen LogP) is 1.47. The molecule has 0 atom stereocenters. The van der Waals surface area contributed by atoms with Crippen LogP contribution in [0.3, 0.4) is 0 Å². The molecule has 1 aliphatic heterocycles. The molecule has 1 saturated carbocycles. The topological polar surface area (TPSA) is 57.6 Å². The van der Waals surface area contributed by atoms with Crippen molar-refractivity contribution in [3.05, 3.63) is 0 Å². The molecule has 0 unspecified atom stereocenters. The third kappa shape index (κ3) is 2.86. The highest BCUT2D eigenvalue weighted by Crippen LogP contribution is 2.29. The number of aliphatic hydroxyl groups excluding tert-OH is 1. The fraction of sp³-hybridized carbons (Fsp3) is 0.846. The van der Waals surface area contributed by atoms with Gasteiger partial charge in [0, 0.05) is 25.5 Å². The number of carbonyl (C=O) groups is 2. The zero-order valence-corrected chi connectivity index (χ0v) is 10.2. The lowest BCUT2D eigenvalue weighted by Crippen LogP contribution is -2.45. The first kappa shape index (κ1) is 12.6. The molecule has 2 amide bonds. The Balaban J connectivity index is 2.00. The third-order valence-electron chi connectivity index (χ3n) is 4.01. The highest BCUT2D eigenvalue weighted by molar-refractivity contribution is 5.96. The minimum absolute atomic E-state index is 0.0138. The van der Waals surface area contributed by atoms with Crippen molar-refractivity contribution in [2.24, 2.45) is 5.92 Å². The molecule has 0 aromatic carbocycles. The van der Waals surface area contributed by atoms with Crippen LogP contribution < -0.4 is 0 Å². The lowest BCUT2D eigenvalue weighted by Gasteiger charge is -2.34. The molecule has 4 nitrogen and oxygen atoms in total. The summed E-state index contributed by atoms with van der Waals surface area (Å²) in [6, 6.07) is 0.0934. The zero-order valence-electron chi connectivity index (χ0n) is 10.2. The van der Waals surface area contributed by atoms with Gasteiger partial charge in [-0.1, -0.05) is 0 Å². The summed E-state index contributed by atoms with van der Waals surface area (Å²) in [5, 5.41) is 9.09. The first-order valence-corrected chi connectivity index (χ1v) is 6.68. The number of nitrogens with zero attached hydrogens (tertiary/aromatic N) is 1. The van der Waals surface area contributed by atoms with Crippen LogP contribution in [-0.4, -0.2) is 34.5 Å². The second-order valence-corrected chi connectivity index (χ2v) is 5.22. The van der Waals surface area contributed by atoms with Crippen LogP contribution in [0.1, 0.15) is 51.4 Å². The van der Waals surface area contributed by atoms with Crippen LogP contribution in [0, 0.1) is 5.92 Å². The SMILES string of the molecule is O=C1CCCCC(=O)N1C1CCC(CO)CC1. The normalized spacial score (nSPS) is 31.5. The van der Waals surface area contributed by atoms with Crippen molar-refractivity contribution in [1.29, 1.82) is 0 Å². The summed E-state index contributed by atoms with van der Waals surface area (Å²) in [5.41, 5.74) is 0. The highest BCUT2D eigenvalue weighted by Gasteiger charge is 2.33. The van der Waals surface area contributed by atoms with Crippen LogP contribution in [-0.2, 0) is 9.59 Å². The number of imide groups is 1. The standard InChI is InChI=1S/C13H21NO3/c15-9-10-5-7-11(8-6-10)14-12(16)3-1-2-4-13(14)17/h10-11,15H,1-9H2. The van der Waals surface area contributed by atoms with Crippen LogP contribution in [0.2, 0.25) is 0 Å². The van der Waals surface area contributed by atoms with Gasteiger partial charge >= 0.3 is 0 Å². The predicted molar refractivity (Wildman–Crippen MR) is 63.2 cm³/mol. The van der Waals surface area contributed by atoms with Crippen LogP contribution in [0.4, 0.5) is 0 Å². The van der Waals surface area contributed by atoms with Crippen LogP contribution in [0.5, 0.6) is 0 Å². The summed E-state index contributed by atoms with van der Waals surface area (Å²) in [6.07, 6.45) is 6.30. The van der Waals surface area contributed by atoms with E-state index in [9.17, 15) is 9.59 Å². The molecule has 17 heavy (non-hydrogen) atoms.